The van der Waals surface area contributed by atoms with Crippen LogP contribution in [0.5, 0.6) is 5.88 Å². The van der Waals surface area contributed by atoms with Gasteiger partial charge in [0, 0.05) is 16.7 Å². The summed E-state index contributed by atoms with van der Waals surface area (Å²) < 4.78 is 6.69. The topological polar surface area (TPSA) is 61.2 Å². The van der Waals surface area contributed by atoms with E-state index in [2.05, 4.69) is 5.10 Å². The van der Waals surface area contributed by atoms with E-state index in [1.165, 1.54) is 24.8 Å². The summed E-state index contributed by atoms with van der Waals surface area (Å²) >= 11 is 6.05. The highest BCUT2D eigenvalue weighted by Crippen LogP contribution is 2.32. The minimum absolute atomic E-state index is 0.126. The van der Waals surface area contributed by atoms with Gasteiger partial charge >= 0.3 is 0 Å². The van der Waals surface area contributed by atoms with Crippen molar-refractivity contribution < 1.29 is 9.53 Å². The fraction of sp³-hybridized carbons (Fsp3) is 0.353. The Morgan fingerprint density at radius 2 is 1.87 bits per heavy atom. The van der Waals surface area contributed by atoms with E-state index in [1.54, 1.807) is 18.2 Å². The van der Waals surface area contributed by atoms with Crippen LogP contribution in [0.2, 0.25) is 5.02 Å². The summed E-state index contributed by atoms with van der Waals surface area (Å²) in [6.07, 6.45) is 0. The molecule has 1 heterocycles. The molecule has 0 aliphatic rings. The van der Waals surface area contributed by atoms with Crippen molar-refractivity contribution in [2.75, 3.05) is 7.11 Å². The highest BCUT2D eigenvalue weighted by molar-refractivity contribution is 6.31. The highest BCUT2D eigenvalue weighted by atomic mass is 35.5. The number of halogens is 1. The van der Waals surface area contributed by atoms with Gasteiger partial charge in [-0.15, -0.1) is 5.10 Å². The Bertz CT molecular complexity index is 820. The molecule has 0 spiro atoms. The predicted octanol–water partition coefficient (Wildman–Crippen LogP) is 3.53. The van der Waals surface area contributed by atoms with Crippen LogP contribution in [0.4, 0.5) is 0 Å². The van der Waals surface area contributed by atoms with Crippen LogP contribution in [0.1, 0.15) is 38.1 Å². The van der Waals surface area contributed by atoms with E-state index < -0.39 is 5.54 Å². The molecule has 0 fully saturated rings. The van der Waals surface area contributed by atoms with Gasteiger partial charge in [0.2, 0.25) is 5.88 Å². The first kappa shape index (κ1) is 17.2. The van der Waals surface area contributed by atoms with Crippen LogP contribution in [-0.2, 0) is 5.54 Å². The number of Topliss-reactive ketones (excluding diaryl/α,β-unsaturated/α-hetero) is 1. The lowest BCUT2D eigenvalue weighted by Gasteiger charge is -2.22. The largest absolute Gasteiger partial charge is 0.480 e. The summed E-state index contributed by atoms with van der Waals surface area (Å²) in [6, 6.07) is 6.33. The zero-order valence-corrected chi connectivity index (χ0v) is 14.6. The Morgan fingerprint density at radius 1 is 1.22 bits per heavy atom. The van der Waals surface area contributed by atoms with Crippen LogP contribution in [-0.4, -0.2) is 22.7 Å². The van der Waals surface area contributed by atoms with Gasteiger partial charge in [-0.1, -0.05) is 11.6 Å². The summed E-state index contributed by atoms with van der Waals surface area (Å²) in [5.74, 6) is 0.142. The van der Waals surface area contributed by atoms with E-state index in [9.17, 15) is 9.59 Å². The number of ether oxygens (including phenoxy) is 1. The number of rotatable bonds is 3. The number of hydrogen-bond donors (Lipinski definition) is 0. The summed E-state index contributed by atoms with van der Waals surface area (Å²) in [5.41, 5.74) is 0.684. The SMILES string of the molecule is COc1nn(C(C)(C)C)c(=O)cc1-c1cc(Cl)ccc1C(C)=O. The van der Waals surface area contributed by atoms with Crippen LogP contribution < -0.4 is 10.3 Å². The van der Waals surface area contributed by atoms with Crippen molar-refractivity contribution in [2.24, 2.45) is 0 Å². The molecular weight excluding hydrogens is 316 g/mol. The summed E-state index contributed by atoms with van der Waals surface area (Å²) in [4.78, 5) is 24.3. The minimum Gasteiger partial charge on any atom is -0.480 e. The molecule has 1 aromatic heterocycles. The molecule has 2 rings (SSSR count). The molecule has 0 N–H and O–H groups in total. The summed E-state index contributed by atoms with van der Waals surface area (Å²) in [5, 5.41) is 4.76. The Hall–Kier alpha value is -2.14. The minimum atomic E-state index is -0.485. The molecule has 0 aliphatic carbocycles. The van der Waals surface area contributed by atoms with E-state index in [0.29, 0.717) is 21.7 Å². The second-order valence-corrected chi connectivity index (χ2v) is 6.67. The maximum Gasteiger partial charge on any atom is 0.268 e. The summed E-state index contributed by atoms with van der Waals surface area (Å²) in [6.45, 7) is 7.09. The predicted molar refractivity (Wildman–Crippen MR) is 90.5 cm³/mol. The van der Waals surface area contributed by atoms with Crippen LogP contribution >= 0.6 is 11.6 Å². The lowest BCUT2D eigenvalue weighted by atomic mass is 9.98. The molecule has 2 aromatic rings. The van der Waals surface area contributed by atoms with E-state index in [-0.39, 0.29) is 17.2 Å². The molecule has 0 radical (unpaired) electrons. The third kappa shape index (κ3) is 3.45. The first-order valence-electron chi connectivity index (χ1n) is 7.15. The van der Waals surface area contributed by atoms with Crippen LogP contribution in [0, 0.1) is 0 Å². The zero-order chi connectivity index (χ0) is 17.4. The lowest BCUT2D eigenvalue weighted by Crippen LogP contribution is -2.35. The Morgan fingerprint density at radius 3 is 2.39 bits per heavy atom. The maximum atomic E-state index is 12.4. The lowest BCUT2D eigenvalue weighted by molar-refractivity contribution is 0.101. The fourth-order valence-corrected chi connectivity index (χ4v) is 2.48. The molecule has 0 unspecified atom stereocenters. The number of carbonyl (C=O) groups is 1. The van der Waals surface area contributed by atoms with Gasteiger partial charge in [0.05, 0.1) is 18.2 Å². The molecule has 0 saturated heterocycles. The van der Waals surface area contributed by atoms with Gasteiger partial charge in [-0.05, 0) is 51.5 Å². The number of hydrogen-bond acceptors (Lipinski definition) is 4. The third-order valence-corrected chi connectivity index (χ3v) is 3.61. The third-order valence-electron chi connectivity index (χ3n) is 3.38. The Labute approximate surface area is 139 Å². The second-order valence-electron chi connectivity index (χ2n) is 6.23. The van der Waals surface area contributed by atoms with Crippen molar-refractivity contribution in [1.82, 2.24) is 9.78 Å². The van der Waals surface area contributed by atoms with Crippen LogP contribution in [0.15, 0.2) is 29.1 Å². The van der Waals surface area contributed by atoms with Gasteiger partial charge < -0.3 is 4.74 Å². The molecule has 122 valence electrons. The fourth-order valence-electron chi connectivity index (χ4n) is 2.31. The number of aromatic nitrogens is 2. The van der Waals surface area contributed by atoms with E-state index in [1.807, 2.05) is 20.8 Å². The van der Waals surface area contributed by atoms with Crippen molar-refractivity contribution in [2.45, 2.75) is 33.2 Å². The van der Waals surface area contributed by atoms with Crippen LogP contribution in [0.3, 0.4) is 0 Å². The van der Waals surface area contributed by atoms with E-state index in [4.69, 9.17) is 16.3 Å². The monoisotopic (exact) mass is 334 g/mol. The van der Waals surface area contributed by atoms with Crippen LogP contribution in [0.25, 0.3) is 11.1 Å². The first-order chi connectivity index (χ1) is 10.6. The molecular formula is C17H19ClN2O3. The van der Waals surface area contributed by atoms with Crippen molar-refractivity contribution >= 4 is 17.4 Å². The molecule has 0 saturated carbocycles. The molecule has 0 aliphatic heterocycles. The van der Waals surface area contributed by atoms with Gasteiger partial charge in [0.25, 0.3) is 5.56 Å². The van der Waals surface area contributed by atoms with Crippen molar-refractivity contribution in [3.63, 3.8) is 0 Å². The molecule has 5 nitrogen and oxygen atoms in total. The van der Waals surface area contributed by atoms with Gasteiger partial charge in [-0.2, -0.15) is 0 Å². The van der Waals surface area contributed by atoms with Crippen molar-refractivity contribution in [1.29, 1.82) is 0 Å². The van der Waals surface area contributed by atoms with Crippen molar-refractivity contribution in [3.8, 4) is 17.0 Å². The van der Waals surface area contributed by atoms with Gasteiger partial charge in [0.1, 0.15) is 0 Å². The average molecular weight is 335 g/mol. The highest BCUT2D eigenvalue weighted by Gasteiger charge is 2.22. The number of benzene rings is 1. The molecule has 0 amide bonds. The van der Waals surface area contributed by atoms with Gasteiger partial charge in [0.15, 0.2) is 5.78 Å². The number of nitrogens with zero attached hydrogens (tertiary/aromatic N) is 2. The van der Waals surface area contributed by atoms with E-state index >= 15 is 0 Å². The first-order valence-corrected chi connectivity index (χ1v) is 7.52. The molecule has 23 heavy (non-hydrogen) atoms. The normalized spacial score (nSPS) is 11.4. The Kier molecular flexibility index (Phi) is 4.61. The smallest absolute Gasteiger partial charge is 0.268 e. The van der Waals surface area contributed by atoms with Gasteiger partial charge in [-0.25, -0.2) is 4.68 Å². The summed E-state index contributed by atoms with van der Waals surface area (Å²) in [7, 11) is 1.47. The molecule has 0 bridgehead atoms. The number of carbonyl (C=O) groups excluding carboxylic acids is 1. The molecule has 1 aromatic carbocycles. The standard InChI is InChI=1S/C17H19ClN2O3/c1-10(21)12-7-6-11(18)8-13(12)14-9-15(22)20(17(2,3)4)19-16(14)23-5/h6-9H,1-5H3. The maximum absolute atomic E-state index is 12.4. The van der Waals surface area contributed by atoms with Gasteiger partial charge in [-0.3, -0.25) is 9.59 Å². The van der Waals surface area contributed by atoms with Crippen molar-refractivity contribution in [3.05, 3.63) is 45.2 Å². The number of methoxy groups -OCH3 is 1. The van der Waals surface area contributed by atoms with E-state index in [0.717, 1.165) is 0 Å². The zero-order valence-electron chi connectivity index (χ0n) is 13.8. The molecule has 6 heteroatoms. The molecule has 0 atom stereocenters. The average Bonchev–Trinajstić information content (AvgIpc) is 2.45. The second kappa shape index (κ2) is 6.16. The quantitative estimate of drug-likeness (QED) is 0.806. The number of ketones is 1. The Balaban J connectivity index is 2.80.